The van der Waals surface area contributed by atoms with Gasteiger partial charge in [-0.05, 0) is 17.7 Å². The molecular weight excluding hydrogens is 342 g/mol. The standard InChI is InChI=1S/C17H13N3O4S/c21-15-10-16(22)19(13-4-2-1-3-5-13)17(18-15)25-11-12-6-8-14(9-7-12)20(23)24/h1-10,21H,11H2. The van der Waals surface area contributed by atoms with Crippen LogP contribution in [-0.4, -0.2) is 19.6 Å². The Bertz CT molecular complexity index is 956. The lowest BCUT2D eigenvalue weighted by Gasteiger charge is -2.11. The second kappa shape index (κ2) is 7.18. The second-order valence-electron chi connectivity index (χ2n) is 5.12. The SMILES string of the molecule is O=c1cc(O)nc(SCc2ccc([N+](=O)[O-])cc2)n1-c1ccccc1. The van der Waals surface area contributed by atoms with Crippen molar-refractivity contribution in [1.29, 1.82) is 0 Å². The van der Waals surface area contributed by atoms with Gasteiger partial charge < -0.3 is 5.11 Å². The Kier molecular flexibility index (Phi) is 4.80. The normalized spacial score (nSPS) is 10.6. The number of hydrogen-bond donors (Lipinski definition) is 1. The maximum Gasteiger partial charge on any atom is 0.269 e. The van der Waals surface area contributed by atoms with E-state index in [2.05, 4.69) is 4.98 Å². The molecule has 0 aliphatic rings. The van der Waals surface area contributed by atoms with Crippen LogP contribution in [0.4, 0.5) is 5.69 Å². The number of nitrogens with zero attached hydrogens (tertiary/aromatic N) is 3. The molecule has 2 aromatic carbocycles. The van der Waals surface area contributed by atoms with Gasteiger partial charge in [0.2, 0.25) is 5.88 Å². The summed E-state index contributed by atoms with van der Waals surface area (Å²) < 4.78 is 1.41. The highest BCUT2D eigenvalue weighted by Gasteiger charge is 2.12. The number of nitro benzene ring substituents is 1. The molecule has 0 unspecified atom stereocenters. The van der Waals surface area contributed by atoms with E-state index in [0.717, 1.165) is 11.6 Å². The molecule has 0 saturated heterocycles. The van der Waals surface area contributed by atoms with Crippen molar-refractivity contribution in [2.75, 3.05) is 0 Å². The van der Waals surface area contributed by atoms with Crippen LogP contribution < -0.4 is 5.56 Å². The Morgan fingerprint density at radius 1 is 1.12 bits per heavy atom. The van der Waals surface area contributed by atoms with E-state index in [9.17, 15) is 20.0 Å². The van der Waals surface area contributed by atoms with E-state index >= 15 is 0 Å². The zero-order valence-electron chi connectivity index (χ0n) is 12.9. The number of non-ortho nitro benzene ring substituents is 1. The summed E-state index contributed by atoms with van der Waals surface area (Å²) in [5.74, 6) is 0.101. The summed E-state index contributed by atoms with van der Waals surface area (Å²) in [7, 11) is 0. The molecule has 0 spiro atoms. The molecular formula is C17H13N3O4S. The van der Waals surface area contributed by atoms with Gasteiger partial charge in [0.1, 0.15) is 0 Å². The minimum atomic E-state index is -0.458. The number of thioether (sulfide) groups is 1. The van der Waals surface area contributed by atoms with Gasteiger partial charge in [-0.25, -0.2) is 0 Å². The maximum atomic E-state index is 12.3. The summed E-state index contributed by atoms with van der Waals surface area (Å²) in [6, 6.07) is 16.2. The predicted molar refractivity (Wildman–Crippen MR) is 94.2 cm³/mol. The summed E-state index contributed by atoms with van der Waals surface area (Å²) in [4.78, 5) is 26.5. The fraction of sp³-hybridized carbons (Fsp3) is 0.0588. The van der Waals surface area contributed by atoms with E-state index in [-0.39, 0.29) is 17.1 Å². The van der Waals surface area contributed by atoms with Gasteiger partial charge in [0.15, 0.2) is 5.16 Å². The third kappa shape index (κ3) is 3.86. The number of para-hydroxylation sites is 1. The van der Waals surface area contributed by atoms with E-state index in [1.807, 2.05) is 6.07 Å². The predicted octanol–water partition coefficient (Wildman–Crippen LogP) is 3.14. The molecule has 0 saturated carbocycles. The molecule has 1 N–H and O–H groups in total. The molecule has 0 atom stereocenters. The Labute approximate surface area is 146 Å². The van der Waals surface area contributed by atoms with Crippen molar-refractivity contribution < 1.29 is 10.0 Å². The fourth-order valence-corrected chi connectivity index (χ4v) is 3.19. The number of benzene rings is 2. The molecule has 0 fully saturated rings. The fourth-order valence-electron chi connectivity index (χ4n) is 2.22. The molecule has 0 amide bonds. The molecule has 8 heteroatoms. The largest absolute Gasteiger partial charge is 0.493 e. The smallest absolute Gasteiger partial charge is 0.269 e. The Morgan fingerprint density at radius 3 is 2.44 bits per heavy atom. The van der Waals surface area contributed by atoms with Crippen molar-refractivity contribution in [3.8, 4) is 11.6 Å². The summed E-state index contributed by atoms with van der Waals surface area (Å²) in [6.45, 7) is 0. The van der Waals surface area contributed by atoms with Crippen molar-refractivity contribution in [2.24, 2.45) is 0 Å². The number of hydrogen-bond acceptors (Lipinski definition) is 6. The van der Waals surface area contributed by atoms with Gasteiger partial charge in [-0.3, -0.25) is 19.5 Å². The van der Waals surface area contributed by atoms with E-state index in [0.29, 0.717) is 16.6 Å². The second-order valence-corrected chi connectivity index (χ2v) is 6.06. The van der Waals surface area contributed by atoms with Gasteiger partial charge in [-0.15, -0.1) is 0 Å². The van der Waals surface area contributed by atoms with Crippen LogP contribution in [0.2, 0.25) is 0 Å². The molecule has 126 valence electrons. The summed E-state index contributed by atoms with van der Waals surface area (Å²) in [5, 5.41) is 20.7. The third-order valence-electron chi connectivity index (χ3n) is 3.40. The van der Waals surface area contributed by atoms with E-state index in [4.69, 9.17) is 0 Å². The van der Waals surface area contributed by atoms with E-state index < -0.39 is 4.92 Å². The quantitative estimate of drug-likeness (QED) is 0.327. The first-order valence-corrected chi connectivity index (χ1v) is 8.28. The van der Waals surface area contributed by atoms with Crippen LogP contribution in [0.5, 0.6) is 5.88 Å². The van der Waals surface area contributed by atoms with Crippen LogP contribution in [0.1, 0.15) is 5.56 Å². The highest BCUT2D eigenvalue weighted by atomic mass is 32.2. The zero-order valence-corrected chi connectivity index (χ0v) is 13.7. The Hall–Kier alpha value is -3.13. The Balaban J connectivity index is 1.89. The van der Waals surface area contributed by atoms with Crippen LogP contribution in [0.25, 0.3) is 5.69 Å². The third-order valence-corrected chi connectivity index (χ3v) is 4.41. The highest BCUT2D eigenvalue weighted by Crippen LogP contribution is 2.24. The van der Waals surface area contributed by atoms with Gasteiger partial charge in [0.05, 0.1) is 16.7 Å². The average Bonchev–Trinajstić information content (AvgIpc) is 2.60. The Morgan fingerprint density at radius 2 is 1.80 bits per heavy atom. The van der Waals surface area contributed by atoms with Crippen LogP contribution >= 0.6 is 11.8 Å². The zero-order chi connectivity index (χ0) is 17.8. The number of aromatic hydroxyl groups is 1. The molecule has 1 heterocycles. The van der Waals surface area contributed by atoms with E-state index in [1.54, 1.807) is 36.4 Å². The van der Waals surface area contributed by atoms with Crippen molar-refractivity contribution in [3.63, 3.8) is 0 Å². The van der Waals surface area contributed by atoms with Crippen LogP contribution in [0.3, 0.4) is 0 Å². The maximum absolute atomic E-state index is 12.3. The summed E-state index contributed by atoms with van der Waals surface area (Å²) in [5.41, 5.74) is 1.12. The number of rotatable bonds is 5. The monoisotopic (exact) mass is 355 g/mol. The van der Waals surface area contributed by atoms with Crippen LogP contribution in [-0.2, 0) is 5.75 Å². The molecule has 1 aromatic heterocycles. The van der Waals surface area contributed by atoms with Crippen LogP contribution in [0, 0.1) is 10.1 Å². The minimum absolute atomic E-state index is 0.0189. The number of nitro groups is 1. The van der Waals surface area contributed by atoms with E-state index in [1.165, 1.54) is 28.5 Å². The summed E-state index contributed by atoms with van der Waals surface area (Å²) >= 11 is 1.26. The topological polar surface area (TPSA) is 98.3 Å². The van der Waals surface area contributed by atoms with Crippen molar-refractivity contribution in [1.82, 2.24) is 9.55 Å². The molecule has 0 aliphatic carbocycles. The molecule has 25 heavy (non-hydrogen) atoms. The van der Waals surface area contributed by atoms with Gasteiger partial charge in [-0.2, -0.15) is 4.98 Å². The average molecular weight is 355 g/mol. The lowest BCUT2D eigenvalue weighted by atomic mass is 10.2. The van der Waals surface area contributed by atoms with Gasteiger partial charge in [-0.1, -0.05) is 42.1 Å². The van der Waals surface area contributed by atoms with Gasteiger partial charge in [0, 0.05) is 17.9 Å². The first kappa shape index (κ1) is 16.7. The molecule has 3 rings (SSSR count). The summed E-state index contributed by atoms with van der Waals surface area (Å²) in [6.07, 6.45) is 0. The molecule has 3 aromatic rings. The van der Waals surface area contributed by atoms with Gasteiger partial charge in [0.25, 0.3) is 11.2 Å². The molecule has 0 aliphatic heterocycles. The number of aromatic nitrogens is 2. The molecule has 7 nitrogen and oxygen atoms in total. The lowest BCUT2D eigenvalue weighted by molar-refractivity contribution is -0.384. The minimum Gasteiger partial charge on any atom is -0.493 e. The first-order valence-electron chi connectivity index (χ1n) is 7.29. The first-order chi connectivity index (χ1) is 12.0. The van der Waals surface area contributed by atoms with Gasteiger partial charge >= 0.3 is 0 Å². The van der Waals surface area contributed by atoms with Crippen LogP contribution in [0.15, 0.2) is 70.6 Å². The van der Waals surface area contributed by atoms with Crippen molar-refractivity contribution in [2.45, 2.75) is 10.9 Å². The van der Waals surface area contributed by atoms with Crippen molar-refractivity contribution in [3.05, 3.63) is 86.7 Å². The molecule has 0 bridgehead atoms. The molecule has 0 radical (unpaired) electrons. The van der Waals surface area contributed by atoms with Crippen molar-refractivity contribution >= 4 is 17.4 Å². The lowest BCUT2D eigenvalue weighted by Crippen LogP contribution is -2.20. The highest BCUT2D eigenvalue weighted by molar-refractivity contribution is 7.98.